The molecule has 0 bridgehead atoms. The predicted octanol–water partition coefficient (Wildman–Crippen LogP) is 3.14. The van der Waals surface area contributed by atoms with Gasteiger partial charge < -0.3 is 0 Å². The van der Waals surface area contributed by atoms with E-state index in [4.69, 9.17) is 0 Å². The summed E-state index contributed by atoms with van der Waals surface area (Å²) in [6.45, 7) is 0. The fourth-order valence-corrected chi connectivity index (χ4v) is 2.55. The van der Waals surface area contributed by atoms with Gasteiger partial charge in [0, 0.05) is 12.1 Å². The molecule has 2 unspecified atom stereocenters. The van der Waals surface area contributed by atoms with Crippen LogP contribution < -0.4 is 0 Å². The van der Waals surface area contributed by atoms with Crippen LogP contribution in [0, 0.1) is 0 Å². The molecule has 0 aromatic rings. The lowest BCUT2D eigenvalue weighted by molar-refractivity contribution is 0.178. The molecular weight excluding hydrogens is 170 g/mol. The van der Waals surface area contributed by atoms with Crippen LogP contribution >= 0.6 is 0 Å². The summed E-state index contributed by atoms with van der Waals surface area (Å²) in [4.78, 5) is 2.58. The van der Waals surface area contributed by atoms with E-state index in [-0.39, 0.29) is 0 Å². The van der Waals surface area contributed by atoms with Crippen molar-refractivity contribution in [3.63, 3.8) is 0 Å². The van der Waals surface area contributed by atoms with Gasteiger partial charge in [0.1, 0.15) is 0 Å². The Hall–Kier alpha value is -0.560. The van der Waals surface area contributed by atoms with Crippen LogP contribution in [0.25, 0.3) is 0 Å². The fourth-order valence-electron chi connectivity index (χ4n) is 2.55. The second-order valence-corrected chi connectivity index (χ2v) is 4.53. The minimum absolute atomic E-state index is 0.709. The van der Waals surface area contributed by atoms with Crippen LogP contribution in [0.4, 0.5) is 0 Å². The van der Waals surface area contributed by atoms with Crippen LogP contribution in [0.2, 0.25) is 0 Å². The summed E-state index contributed by atoms with van der Waals surface area (Å²) in [6, 6.07) is 1.49. The molecule has 0 spiro atoms. The Morgan fingerprint density at radius 3 is 2.64 bits per heavy atom. The smallest absolute Gasteiger partial charge is 0.0278 e. The monoisotopic (exact) mass is 191 g/mol. The first kappa shape index (κ1) is 9.97. The highest BCUT2D eigenvalue weighted by molar-refractivity contribution is 5.01. The molecule has 0 saturated heterocycles. The van der Waals surface area contributed by atoms with E-state index >= 15 is 0 Å². The molecule has 2 aliphatic rings. The van der Waals surface area contributed by atoms with Crippen LogP contribution in [0.15, 0.2) is 24.3 Å². The second-order valence-electron chi connectivity index (χ2n) is 4.53. The first-order valence-corrected chi connectivity index (χ1v) is 5.91. The van der Waals surface area contributed by atoms with Gasteiger partial charge in [0.15, 0.2) is 0 Å². The quantitative estimate of drug-likeness (QED) is 0.606. The van der Waals surface area contributed by atoms with Crippen molar-refractivity contribution in [1.82, 2.24) is 4.90 Å². The molecule has 0 heterocycles. The molecule has 14 heavy (non-hydrogen) atoms. The first-order valence-electron chi connectivity index (χ1n) is 5.91. The van der Waals surface area contributed by atoms with Gasteiger partial charge in [-0.3, -0.25) is 4.90 Å². The maximum atomic E-state index is 2.58. The van der Waals surface area contributed by atoms with Crippen LogP contribution in [0.3, 0.4) is 0 Å². The lowest BCUT2D eigenvalue weighted by Crippen LogP contribution is -2.40. The van der Waals surface area contributed by atoms with Crippen LogP contribution in [0.5, 0.6) is 0 Å². The fraction of sp³-hybridized carbons (Fsp3) is 0.692. The van der Waals surface area contributed by atoms with E-state index in [0.717, 1.165) is 6.04 Å². The third-order valence-electron chi connectivity index (χ3n) is 3.57. The summed E-state index contributed by atoms with van der Waals surface area (Å²) in [5.41, 5.74) is 0. The van der Waals surface area contributed by atoms with Crippen molar-refractivity contribution in [3.05, 3.63) is 24.3 Å². The highest BCUT2D eigenvalue weighted by atomic mass is 15.2. The van der Waals surface area contributed by atoms with Crippen LogP contribution in [-0.2, 0) is 0 Å². The largest absolute Gasteiger partial charge is 0.297 e. The van der Waals surface area contributed by atoms with E-state index < -0.39 is 0 Å². The van der Waals surface area contributed by atoms with E-state index in [2.05, 4.69) is 36.3 Å². The maximum Gasteiger partial charge on any atom is 0.0278 e. The average molecular weight is 191 g/mol. The van der Waals surface area contributed by atoms with Gasteiger partial charge in [-0.1, -0.05) is 24.3 Å². The van der Waals surface area contributed by atoms with Crippen molar-refractivity contribution in [3.8, 4) is 0 Å². The number of nitrogens with zero attached hydrogens (tertiary/aromatic N) is 1. The van der Waals surface area contributed by atoms with E-state index in [0.29, 0.717) is 6.04 Å². The predicted molar refractivity (Wildman–Crippen MR) is 61.3 cm³/mol. The molecule has 0 amide bonds. The molecule has 0 aromatic carbocycles. The van der Waals surface area contributed by atoms with Gasteiger partial charge in [0.25, 0.3) is 0 Å². The number of rotatable bonds is 2. The minimum Gasteiger partial charge on any atom is -0.297 e. The summed E-state index contributed by atoms with van der Waals surface area (Å²) in [5.74, 6) is 0. The molecule has 2 rings (SSSR count). The lowest BCUT2D eigenvalue weighted by Gasteiger charge is -2.35. The van der Waals surface area contributed by atoms with Gasteiger partial charge in [0.05, 0.1) is 0 Å². The lowest BCUT2D eigenvalue weighted by atomic mass is 9.95. The third kappa shape index (κ3) is 2.27. The van der Waals surface area contributed by atoms with E-state index in [9.17, 15) is 0 Å². The summed E-state index contributed by atoms with van der Waals surface area (Å²) < 4.78 is 0. The molecule has 2 atom stereocenters. The number of hydrogen-bond acceptors (Lipinski definition) is 1. The SMILES string of the molecule is CN(C1C=CCCC1)C1CC=CCC1. The van der Waals surface area contributed by atoms with Crippen molar-refractivity contribution in [2.75, 3.05) is 7.05 Å². The van der Waals surface area contributed by atoms with Crippen molar-refractivity contribution in [1.29, 1.82) is 0 Å². The summed E-state index contributed by atoms with van der Waals surface area (Å²) >= 11 is 0. The standard InChI is InChI=1S/C13H21N/c1-14(12-8-4-2-5-9-12)13-10-6-3-7-11-13/h2,4,6,10,12-13H,3,5,7-9,11H2,1H3. The highest BCUT2D eigenvalue weighted by Gasteiger charge is 2.21. The second kappa shape index (κ2) is 4.79. The summed E-state index contributed by atoms with van der Waals surface area (Å²) in [5, 5.41) is 0. The van der Waals surface area contributed by atoms with Crippen molar-refractivity contribution >= 4 is 0 Å². The maximum absolute atomic E-state index is 2.58. The first-order chi connectivity index (χ1) is 6.88. The van der Waals surface area contributed by atoms with E-state index in [1.807, 2.05) is 0 Å². The van der Waals surface area contributed by atoms with Gasteiger partial charge in [-0.05, 0) is 45.6 Å². The van der Waals surface area contributed by atoms with Gasteiger partial charge in [0.2, 0.25) is 0 Å². The molecule has 0 aliphatic heterocycles. The third-order valence-corrected chi connectivity index (χ3v) is 3.57. The Kier molecular flexibility index (Phi) is 3.41. The van der Waals surface area contributed by atoms with Gasteiger partial charge in [-0.25, -0.2) is 0 Å². The zero-order valence-electron chi connectivity index (χ0n) is 9.15. The molecule has 78 valence electrons. The highest BCUT2D eigenvalue weighted by Crippen LogP contribution is 2.23. The molecule has 2 aliphatic carbocycles. The van der Waals surface area contributed by atoms with Gasteiger partial charge in [-0.2, -0.15) is 0 Å². The van der Waals surface area contributed by atoms with Crippen LogP contribution in [0.1, 0.15) is 38.5 Å². The molecule has 0 radical (unpaired) electrons. The normalized spacial score (nSPS) is 32.4. The number of hydrogen-bond donors (Lipinski definition) is 0. The number of allylic oxidation sites excluding steroid dienone is 2. The Bertz CT molecular complexity index is 229. The topological polar surface area (TPSA) is 3.24 Å². The average Bonchev–Trinajstić information content (AvgIpc) is 2.30. The molecule has 0 aromatic heterocycles. The van der Waals surface area contributed by atoms with E-state index in [1.54, 1.807) is 0 Å². The molecular formula is C13H21N. The zero-order valence-corrected chi connectivity index (χ0v) is 9.15. The van der Waals surface area contributed by atoms with Crippen molar-refractivity contribution in [2.24, 2.45) is 0 Å². The Morgan fingerprint density at radius 1 is 1.07 bits per heavy atom. The Balaban J connectivity index is 1.92. The van der Waals surface area contributed by atoms with E-state index in [1.165, 1.54) is 38.5 Å². The summed E-state index contributed by atoms with van der Waals surface area (Å²) in [6.07, 6.45) is 17.3. The molecule has 1 nitrogen and oxygen atoms in total. The van der Waals surface area contributed by atoms with Crippen LogP contribution in [-0.4, -0.2) is 24.0 Å². The Labute approximate surface area is 87.5 Å². The van der Waals surface area contributed by atoms with Gasteiger partial charge in [-0.15, -0.1) is 0 Å². The van der Waals surface area contributed by atoms with Crippen molar-refractivity contribution in [2.45, 2.75) is 50.6 Å². The minimum atomic E-state index is 0.709. The van der Waals surface area contributed by atoms with Crippen molar-refractivity contribution < 1.29 is 0 Å². The van der Waals surface area contributed by atoms with Gasteiger partial charge >= 0.3 is 0 Å². The molecule has 0 fully saturated rings. The summed E-state index contributed by atoms with van der Waals surface area (Å²) in [7, 11) is 2.30. The molecule has 0 saturated carbocycles. The zero-order chi connectivity index (χ0) is 9.80. The molecule has 0 N–H and O–H groups in total. The Morgan fingerprint density at radius 2 is 2.00 bits per heavy atom. The molecule has 1 heteroatoms. The number of likely N-dealkylation sites (N-methyl/N-ethyl adjacent to an activating group) is 1.